The van der Waals surface area contributed by atoms with Gasteiger partial charge in [-0.05, 0) is 57.7 Å². The lowest BCUT2D eigenvalue weighted by molar-refractivity contribution is 0.122. The Labute approximate surface area is 143 Å². The molecule has 0 saturated carbocycles. The van der Waals surface area contributed by atoms with Crippen LogP contribution in [0.1, 0.15) is 51.5 Å². The van der Waals surface area contributed by atoms with Crippen LogP contribution in [0.3, 0.4) is 0 Å². The molecule has 0 bridgehead atoms. The van der Waals surface area contributed by atoms with Crippen molar-refractivity contribution in [3.63, 3.8) is 0 Å². The molecule has 0 aliphatic carbocycles. The van der Waals surface area contributed by atoms with E-state index in [-0.39, 0.29) is 35.1 Å². The monoisotopic (exact) mass is 334 g/mol. The second-order valence-corrected chi connectivity index (χ2v) is 7.57. The fourth-order valence-corrected chi connectivity index (χ4v) is 4.19. The number of hydrogen-bond acceptors (Lipinski definition) is 2. The van der Waals surface area contributed by atoms with E-state index in [0.717, 1.165) is 37.9 Å². The van der Waals surface area contributed by atoms with Gasteiger partial charge in [0.1, 0.15) is 0 Å². The van der Waals surface area contributed by atoms with Crippen molar-refractivity contribution in [2.24, 2.45) is 0 Å². The summed E-state index contributed by atoms with van der Waals surface area (Å²) in [6.07, 6.45) is 2.98. The molecule has 2 aliphatic rings. The molecule has 1 aromatic carbocycles. The SMILES string of the molecule is COc1ccc(C2CCN(C(=O)N3CCCC3(C)C)C2C)cc1F. The first-order valence-electron chi connectivity index (χ1n) is 8.77. The Morgan fingerprint density at radius 3 is 2.67 bits per heavy atom. The van der Waals surface area contributed by atoms with E-state index in [2.05, 4.69) is 20.8 Å². The number of nitrogens with zero attached hydrogens (tertiary/aromatic N) is 2. The van der Waals surface area contributed by atoms with Crippen molar-refractivity contribution < 1.29 is 13.9 Å². The molecule has 3 rings (SSSR count). The maximum Gasteiger partial charge on any atom is 0.320 e. The van der Waals surface area contributed by atoms with Gasteiger partial charge in [0.25, 0.3) is 0 Å². The molecule has 0 spiro atoms. The van der Waals surface area contributed by atoms with Crippen molar-refractivity contribution in [1.29, 1.82) is 0 Å². The zero-order chi connectivity index (χ0) is 17.5. The molecule has 4 nitrogen and oxygen atoms in total. The summed E-state index contributed by atoms with van der Waals surface area (Å²) >= 11 is 0. The predicted octanol–water partition coefficient (Wildman–Crippen LogP) is 4.01. The molecule has 2 aliphatic heterocycles. The first-order chi connectivity index (χ1) is 11.3. The molecule has 0 aromatic heterocycles. The van der Waals surface area contributed by atoms with Gasteiger partial charge in [-0.3, -0.25) is 0 Å². The van der Waals surface area contributed by atoms with Crippen LogP contribution < -0.4 is 4.74 Å². The summed E-state index contributed by atoms with van der Waals surface area (Å²) in [5, 5.41) is 0. The van der Waals surface area contributed by atoms with E-state index in [1.807, 2.05) is 15.9 Å². The number of carbonyl (C=O) groups excluding carboxylic acids is 1. The van der Waals surface area contributed by atoms with E-state index >= 15 is 0 Å². The third-order valence-electron chi connectivity index (χ3n) is 5.74. The van der Waals surface area contributed by atoms with Crippen LogP contribution in [-0.2, 0) is 0 Å². The number of hydrogen-bond donors (Lipinski definition) is 0. The van der Waals surface area contributed by atoms with Crippen LogP contribution in [0.5, 0.6) is 5.75 Å². The number of ether oxygens (including phenoxy) is 1. The van der Waals surface area contributed by atoms with Gasteiger partial charge < -0.3 is 14.5 Å². The normalized spacial score (nSPS) is 26.0. The van der Waals surface area contributed by atoms with Crippen LogP contribution in [-0.4, -0.2) is 47.6 Å². The fraction of sp³-hybridized carbons (Fsp3) is 0.632. The number of carbonyl (C=O) groups is 1. The number of amides is 2. The largest absolute Gasteiger partial charge is 0.494 e. The van der Waals surface area contributed by atoms with Crippen LogP contribution in [0, 0.1) is 5.82 Å². The fourth-order valence-electron chi connectivity index (χ4n) is 4.19. The molecule has 2 amide bonds. The van der Waals surface area contributed by atoms with E-state index < -0.39 is 0 Å². The first-order valence-corrected chi connectivity index (χ1v) is 8.77. The number of likely N-dealkylation sites (tertiary alicyclic amines) is 2. The quantitative estimate of drug-likeness (QED) is 0.819. The maximum absolute atomic E-state index is 14.0. The average Bonchev–Trinajstić information content (AvgIpc) is 3.08. The molecule has 0 N–H and O–H groups in total. The Kier molecular flexibility index (Phi) is 4.45. The highest BCUT2D eigenvalue weighted by Gasteiger charge is 2.42. The summed E-state index contributed by atoms with van der Waals surface area (Å²) in [5.74, 6) is 0.0869. The smallest absolute Gasteiger partial charge is 0.320 e. The second-order valence-electron chi connectivity index (χ2n) is 7.57. The molecule has 2 atom stereocenters. The van der Waals surface area contributed by atoms with Gasteiger partial charge in [0.2, 0.25) is 0 Å². The van der Waals surface area contributed by atoms with Crippen LogP contribution in [0.4, 0.5) is 9.18 Å². The summed E-state index contributed by atoms with van der Waals surface area (Å²) in [4.78, 5) is 16.9. The minimum Gasteiger partial charge on any atom is -0.494 e. The van der Waals surface area contributed by atoms with Crippen molar-refractivity contribution in [1.82, 2.24) is 9.80 Å². The molecule has 2 fully saturated rings. The highest BCUT2D eigenvalue weighted by Crippen LogP contribution is 2.37. The van der Waals surface area contributed by atoms with Gasteiger partial charge >= 0.3 is 6.03 Å². The Hall–Kier alpha value is -1.78. The molecule has 0 radical (unpaired) electrons. The lowest BCUT2D eigenvalue weighted by Crippen LogP contribution is -2.51. The third-order valence-corrected chi connectivity index (χ3v) is 5.74. The molecule has 24 heavy (non-hydrogen) atoms. The van der Waals surface area contributed by atoms with E-state index in [1.165, 1.54) is 7.11 Å². The molecule has 2 heterocycles. The lowest BCUT2D eigenvalue weighted by Gasteiger charge is -2.37. The van der Waals surface area contributed by atoms with E-state index in [1.54, 1.807) is 12.1 Å². The number of halogens is 1. The average molecular weight is 334 g/mol. The molecule has 2 saturated heterocycles. The van der Waals surface area contributed by atoms with Crippen molar-refractivity contribution in [3.8, 4) is 5.75 Å². The minimum atomic E-state index is -0.340. The summed E-state index contributed by atoms with van der Waals surface area (Å²) in [6, 6.07) is 5.33. The molecular formula is C19H27FN2O2. The Morgan fingerprint density at radius 2 is 2.08 bits per heavy atom. The zero-order valence-electron chi connectivity index (χ0n) is 15.0. The van der Waals surface area contributed by atoms with Crippen molar-refractivity contribution in [2.45, 2.75) is 57.5 Å². The van der Waals surface area contributed by atoms with Crippen LogP contribution in [0.2, 0.25) is 0 Å². The number of methoxy groups -OCH3 is 1. The Morgan fingerprint density at radius 1 is 1.33 bits per heavy atom. The summed E-state index contributed by atoms with van der Waals surface area (Å²) in [7, 11) is 1.47. The number of urea groups is 1. The third kappa shape index (κ3) is 2.85. The topological polar surface area (TPSA) is 32.8 Å². The standard InChI is InChI=1S/C19H27FN2O2/c1-13-15(14-6-7-17(24-4)16(20)12-14)8-11-21(13)18(23)22-10-5-9-19(22,2)3/h6-7,12-13,15H,5,8-11H2,1-4H3. The van der Waals surface area contributed by atoms with E-state index in [0.29, 0.717) is 0 Å². The van der Waals surface area contributed by atoms with Gasteiger partial charge in [0.15, 0.2) is 11.6 Å². The summed E-state index contributed by atoms with van der Waals surface area (Å²) < 4.78 is 19.0. The van der Waals surface area contributed by atoms with Crippen LogP contribution >= 0.6 is 0 Å². The van der Waals surface area contributed by atoms with E-state index in [9.17, 15) is 9.18 Å². The summed E-state index contributed by atoms with van der Waals surface area (Å²) in [6.45, 7) is 7.90. The van der Waals surface area contributed by atoms with Gasteiger partial charge in [-0.2, -0.15) is 0 Å². The van der Waals surface area contributed by atoms with Crippen molar-refractivity contribution in [3.05, 3.63) is 29.6 Å². The molecule has 2 unspecified atom stereocenters. The molecular weight excluding hydrogens is 307 g/mol. The maximum atomic E-state index is 14.0. The molecule has 5 heteroatoms. The Bertz CT molecular complexity index is 632. The highest BCUT2D eigenvalue weighted by molar-refractivity contribution is 5.76. The summed E-state index contributed by atoms with van der Waals surface area (Å²) in [5.41, 5.74) is 0.873. The number of rotatable bonds is 2. The second kappa shape index (κ2) is 6.26. The van der Waals surface area contributed by atoms with Gasteiger partial charge in [-0.1, -0.05) is 6.07 Å². The van der Waals surface area contributed by atoms with Crippen LogP contribution in [0.25, 0.3) is 0 Å². The lowest BCUT2D eigenvalue weighted by atomic mass is 9.92. The van der Waals surface area contributed by atoms with Gasteiger partial charge in [-0.15, -0.1) is 0 Å². The van der Waals surface area contributed by atoms with Crippen molar-refractivity contribution >= 4 is 6.03 Å². The van der Waals surface area contributed by atoms with E-state index in [4.69, 9.17) is 4.74 Å². The molecule has 1 aromatic rings. The number of benzene rings is 1. The Balaban J connectivity index is 1.76. The van der Waals surface area contributed by atoms with Gasteiger partial charge in [0.05, 0.1) is 7.11 Å². The van der Waals surface area contributed by atoms with Gasteiger partial charge in [0, 0.05) is 30.6 Å². The van der Waals surface area contributed by atoms with Crippen molar-refractivity contribution in [2.75, 3.05) is 20.2 Å². The first kappa shape index (κ1) is 17.1. The predicted molar refractivity (Wildman–Crippen MR) is 91.9 cm³/mol. The zero-order valence-corrected chi connectivity index (χ0v) is 15.0. The van der Waals surface area contributed by atoms with Gasteiger partial charge in [-0.25, -0.2) is 9.18 Å². The highest BCUT2D eigenvalue weighted by atomic mass is 19.1. The van der Waals surface area contributed by atoms with Crippen LogP contribution in [0.15, 0.2) is 18.2 Å². The molecule has 132 valence electrons. The minimum absolute atomic E-state index is 0.0683.